The Kier molecular flexibility index (Phi) is 4.21. The maximum Gasteiger partial charge on any atom is 0.219 e. The van der Waals surface area contributed by atoms with Gasteiger partial charge >= 0.3 is 0 Å². The summed E-state index contributed by atoms with van der Waals surface area (Å²) in [6, 6.07) is 5.45. The van der Waals surface area contributed by atoms with E-state index in [-0.39, 0.29) is 5.54 Å². The van der Waals surface area contributed by atoms with Crippen LogP contribution in [0.4, 0.5) is 0 Å². The summed E-state index contributed by atoms with van der Waals surface area (Å²) in [5, 5.41) is 0.570. The molecule has 1 aromatic carbocycles. The van der Waals surface area contributed by atoms with E-state index < -0.39 is 6.10 Å². The van der Waals surface area contributed by atoms with Gasteiger partial charge in [0.15, 0.2) is 12.4 Å². The first-order chi connectivity index (χ1) is 8.98. The molecule has 1 atom stereocenters. The molecule has 0 bridgehead atoms. The number of thioether (sulfide) groups is 1. The summed E-state index contributed by atoms with van der Waals surface area (Å²) in [6.07, 6.45) is 2.21. The van der Waals surface area contributed by atoms with Gasteiger partial charge < -0.3 is 4.74 Å². The van der Waals surface area contributed by atoms with Gasteiger partial charge in [-0.2, -0.15) is 11.8 Å². The number of hydrogen-bond donors (Lipinski definition) is 0. The number of benzene rings is 1. The summed E-state index contributed by atoms with van der Waals surface area (Å²) in [7, 11) is 0. The van der Waals surface area contributed by atoms with Crippen molar-refractivity contribution in [2.45, 2.75) is 25.5 Å². The average Bonchev–Trinajstić information content (AvgIpc) is 2.68. The molecular weight excluding hydrogens is 282 g/mol. The predicted molar refractivity (Wildman–Crippen MR) is 80.3 cm³/mol. The Morgan fingerprint density at radius 1 is 1.53 bits per heavy atom. The maximum atomic E-state index is 11.1. The number of halogens is 1. The fraction of sp³-hybridized carbons (Fsp3) is 0.429. The monoisotopic (exact) mass is 297 g/mol. The van der Waals surface area contributed by atoms with Crippen LogP contribution in [0.3, 0.4) is 0 Å². The Bertz CT molecular complexity index is 528. The zero-order valence-electron chi connectivity index (χ0n) is 11.1. The van der Waals surface area contributed by atoms with Crippen molar-refractivity contribution >= 4 is 35.5 Å². The Labute approximate surface area is 122 Å². The third kappa shape index (κ3) is 2.95. The highest BCUT2D eigenvalue weighted by atomic mass is 35.5. The molecule has 0 fully saturated rings. The van der Waals surface area contributed by atoms with Crippen LogP contribution in [-0.2, 0) is 9.53 Å². The normalized spacial score (nSPS) is 20.2. The van der Waals surface area contributed by atoms with E-state index in [1.54, 1.807) is 17.8 Å². The molecule has 0 saturated carbocycles. The second-order valence-corrected chi connectivity index (χ2v) is 6.31. The Hall–Kier alpha value is -1.00. The number of ether oxygens (including phenoxy) is 1. The second kappa shape index (κ2) is 5.55. The molecule has 0 radical (unpaired) electrons. The number of nitrogens with zero attached hydrogens (tertiary/aromatic N) is 1. The number of fused-ring (bicyclic) bond motifs is 1. The van der Waals surface area contributed by atoms with E-state index in [9.17, 15) is 4.79 Å². The topological polar surface area (TPSA) is 38.7 Å². The van der Waals surface area contributed by atoms with Crippen molar-refractivity contribution in [3.05, 3.63) is 34.3 Å². The number of aldehydes is 1. The lowest BCUT2D eigenvalue weighted by atomic mass is 10.0. The van der Waals surface area contributed by atoms with Crippen LogP contribution in [0.2, 0.25) is 5.02 Å². The minimum absolute atomic E-state index is 0.261. The van der Waals surface area contributed by atoms with E-state index in [2.05, 4.69) is 4.99 Å². The molecule has 0 aliphatic carbocycles. The van der Waals surface area contributed by atoms with Crippen LogP contribution in [0.1, 0.15) is 31.1 Å². The maximum absolute atomic E-state index is 11.1. The standard InChI is InChI=1S/C14H16ClNO2S/c1-14(2,8-19-3)16-13-12-9(11(7-17)18-13)5-4-6-10(12)15/h4-7,11H,8H2,1-3H3. The molecule has 5 heteroatoms. The first-order valence-electron chi connectivity index (χ1n) is 5.98. The average molecular weight is 298 g/mol. The van der Waals surface area contributed by atoms with Crippen LogP contribution in [0.15, 0.2) is 23.2 Å². The molecule has 1 unspecified atom stereocenters. The van der Waals surface area contributed by atoms with Gasteiger partial charge in [-0.15, -0.1) is 0 Å². The van der Waals surface area contributed by atoms with E-state index in [1.165, 1.54) is 0 Å². The number of carbonyl (C=O) groups excluding carboxylic acids is 1. The molecular formula is C14H16ClNO2S. The largest absolute Gasteiger partial charge is 0.461 e. The number of rotatable bonds is 4. The Morgan fingerprint density at radius 2 is 2.26 bits per heavy atom. The molecule has 19 heavy (non-hydrogen) atoms. The van der Waals surface area contributed by atoms with E-state index in [1.807, 2.05) is 32.2 Å². The second-order valence-electron chi connectivity index (χ2n) is 5.04. The summed E-state index contributed by atoms with van der Waals surface area (Å²) in [5.74, 6) is 1.34. The van der Waals surface area contributed by atoms with Crippen LogP contribution in [0.25, 0.3) is 0 Å². The van der Waals surface area contributed by atoms with Crippen molar-refractivity contribution < 1.29 is 9.53 Å². The van der Waals surface area contributed by atoms with Gasteiger partial charge in [0.25, 0.3) is 0 Å². The molecule has 0 amide bonds. The zero-order chi connectivity index (χ0) is 14.0. The highest BCUT2D eigenvalue weighted by Gasteiger charge is 2.32. The Balaban J connectivity index is 2.47. The lowest BCUT2D eigenvalue weighted by molar-refractivity contribution is -0.114. The summed E-state index contributed by atoms with van der Waals surface area (Å²) in [6.45, 7) is 4.06. The van der Waals surface area contributed by atoms with Crippen LogP contribution in [0, 0.1) is 0 Å². The molecule has 0 aromatic heterocycles. The van der Waals surface area contributed by atoms with Crippen molar-refractivity contribution in [1.82, 2.24) is 0 Å². The van der Waals surface area contributed by atoms with E-state index in [4.69, 9.17) is 16.3 Å². The van der Waals surface area contributed by atoms with Crippen molar-refractivity contribution in [3.63, 3.8) is 0 Å². The lowest BCUT2D eigenvalue weighted by Crippen LogP contribution is -2.23. The lowest BCUT2D eigenvalue weighted by Gasteiger charge is -2.19. The third-order valence-corrected chi connectivity index (χ3v) is 4.14. The predicted octanol–water partition coefficient (Wildman–Crippen LogP) is 3.50. The molecule has 3 nitrogen and oxygen atoms in total. The minimum Gasteiger partial charge on any atom is -0.461 e. The molecule has 1 heterocycles. The van der Waals surface area contributed by atoms with Crippen LogP contribution >= 0.6 is 23.4 Å². The van der Waals surface area contributed by atoms with Gasteiger partial charge in [-0.05, 0) is 26.2 Å². The van der Waals surface area contributed by atoms with Gasteiger partial charge in [-0.3, -0.25) is 4.79 Å². The number of hydrogen-bond acceptors (Lipinski definition) is 4. The van der Waals surface area contributed by atoms with Crippen LogP contribution < -0.4 is 0 Å². The van der Waals surface area contributed by atoms with Gasteiger partial charge in [0, 0.05) is 11.3 Å². The highest BCUT2D eigenvalue weighted by Crippen LogP contribution is 2.35. The highest BCUT2D eigenvalue weighted by molar-refractivity contribution is 7.98. The molecule has 1 aliphatic rings. The molecule has 1 aliphatic heterocycles. The SMILES string of the molecule is CSCC(C)(C)N=C1OC(C=O)c2cccc(Cl)c21. The van der Waals surface area contributed by atoms with Gasteiger partial charge in [0.05, 0.1) is 16.1 Å². The quantitative estimate of drug-likeness (QED) is 0.799. The summed E-state index contributed by atoms with van der Waals surface area (Å²) < 4.78 is 5.63. The molecule has 1 aromatic rings. The number of aliphatic imine (C=N–C) groups is 1. The molecule has 0 spiro atoms. The fourth-order valence-corrected chi connectivity index (χ4v) is 3.12. The van der Waals surface area contributed by atoms with E-state index in [0.717, 1.165) is 23.2 Å². The summed E-state index contributed by atoms with van der Waals surface area (Å²) in [4.78, 5) is 15.7. The summed E-state index contributed by atoms with van der Waals surface area (Å²) >= 11 is 7.93. The van der Waals surface area contributed by atoms with E-state index in [0.29, 0.717) is 10.9 Å². The van der Waals surface area contributed by atoms with Gasteiger partial charge in [-0.1, -0.05) is 23.7 Å². The smallest absolute Gasteiger partial charge is 0.219 e. The van der Waals surface area contributed by atoms with Crippen molar-refractivity contribution in [2.24, 2.45) is 4.99 Å². The van der Waals surface area contributed by atoms with Gasteiger partial charge in [0.1, 0.15) is 0 Å². The molecule has 0 saturated heterocycles. The van der Waals surface area contributed by atoms with E-state index >= 15 is 0 Å². The molecule has 0 N–H and O–H groups in total. The summed E-state index contributed by atoms with van der Waals surface area (Å²) in [5.41, 5.74) is 1.28. The molecule has 102 valence electrons. The zero-order valence-corrected chi connectivity index (χ0v) is 12.7. The Morgan fingerprint density at radius 3 is 2.89 bits per heavy atom. The number of carbonyl (C=O) groups is 1. The van der Waals surface area contributed by atoms with Crippen LogP contribution in [-0.4, -0.2) is 29.7 Å². The van der Waals surface area contributed by atoms with Crippen molar-refractivity contribution in [3.8, 4) is 0 Å². The third-order valence-electron chi connectivity index (χ3n) is 2.83. The first kappa shape index (κ1) is 14.4. The fourth-order valence-electron chi connectivity index (χ4n) is 2.09. The van der Waals surface area contributed by atoms with Crippen molar-refractivity contribution in [2.75, 3.05) is 12.0 Å². The molecule has 2 rings (SSSR count). The minimum atomic E-state index is -0.600. The van der Waals surface area contributed by atoms with Crippen molar-refractivity contribution in [1.29, 1.82) is 0 Å². The van der Waals surface area contributed by atoms with Gasteiger partial charge in [0.2, 0.25) is 5.90 Å². The first-order valence-corrected chi connectivity index (χ1v) is 7.75. The van der Waals surface area contributed by atoms with Crippen LogP contribution in [0.5, 0.6) is 0 Å². The van der Waals surface area contributed by atoms with Gasteiger partial charge in [-0.25, -0.2) is 4.99 Å².